The molecule has 0 aliphatic heterocycles. The van der Waals surface area contributed by atoms with Crippen molar-refractivity contribution in [2.45, 2.75) is 38.3 Å². The van der Waals surface area contributed by atoms with Gasteiger partial charge in [-0.05, 0) is 42.3 Å². The van der Waals surface area contributed by atoms with Gasteiger partial charge in [0.15, 0.2) is 0 Å². The van der Waals surface area contributed by atoms with Crippen LogP contribution >= 0.6 is 34.3 Å². The van der Waals surface area contributed by atoms with Crippen LogP contribution in [0.2, 0.25) is 4.34 Å². The van der Waals surface area contributed by atoms with E-state index in [9.17, 15) is 0 Å². The second-order valence-electron chi connectivity index (χ2n) is 5.12. The van der Waals surface area contributed by atoms with Crippen LogP contribution < -0.4 is 5.32 Å². The van der Waals surface area contributed by atoms with Gasteiger partial charge >= 0.3 is 0 Å². The molecule has 0 aromatic carbocycles. The Morgan fingerprint density at radius 2 is 2.11 bits per heavy atom. The van der Waals surface area contributed by atoms with Crippen molar-refractivity contribution in [2.24, 2.45) is 5.92 Å². The first-order valence-electron chi connectivity index (χ1n) is 6.84. The lowest BCUT2D eigenvalue weighted by Crippen LogP contribution is -2.25. The van der Waals surface area contributed by atoms with Crippen LogP contribution in [0.4, 0.5) is 0 Å². The Morgan fingerprint density at radius 3 is 2.74 bits per heavy atom. The monoisotopic (exact) mass is 311 g/mol. The molecule has 1 fully saturated rings. The lowest BCUT2D eigenvalue weighted by molar-refractivity contribution is 0.372. The van der Waals surface area contributed by atoms with Crippen molar-refractivity contribution in [3.63, 3.8) is 0 Å². The molecule has 1 aliphatic carbocycles. The van der Waals surface area contributed by atoms with Gasteiger partial charge in [0.25, 0.3) is 0 Å². The molecule has 1 saturated carbocycles. The normalized spacial score (nSPS) is 17.9. The molecule has 2 aromatic rings. The highest BCUT2D eigenvalue weighted by molar-refractivity contribution is 7.16. The molecule has 1 atom stereocenters. The molecule has 2 aromatic heterocycles. The van der Waals surface area contributed by atoms with Gasteiger partial charge in [-0.3, -0.25) is 0 Å². The van der Waals surface area contributed by atoms with Gasteiger partial charge in [-0.2, -0.15) is 0 Å². The van der Waals surface area contributed by atoms with Gasteiger partial charge in [0.05, 0.1) is 4.34 Å². The van der Waals surface area contributed by atoms with Crippen LogP contribution in [0.3, 0.4) is 0 Å². The smallest absolute Gasteiger partial charge is 0.0931 e. The summed E-state index contributed by atoms with van der Waals surface area (Å²) in [4.78, 5) is 2.80. The summed E-state index contributed by atoms with van der Waals surface area (Å²) in [6, 6.07) is 9.05. The highest BCUT2D eigenvalue weighted by Gasteiger charge is 2.26. The van der Waals surface area contributed by atoms with Crippen molar-refractivity contribution >= 4 is 34.3 Å². The number of hydrogen-bond acceptors (Lipinski definition) is 3. The fourth-order valence-corrected chi connectivity index (χ4v) is 4.85. The SMILES string of the molecule is Clc1ccc(CNC(c2cccs2)C2CCCC2)s1. The molecule has 0 saturated heterocycles. The molecule has 102 valence electrons. The quantitative estimate of drug-likeness (QED) is 0.770. The minimum absolute atomic E-state index is 0.517. The van der Waals surface area contributed by atoms with Gasteiger partial charge in [-0.1, -0.05) is 30.5 Å². The summed E-state index contributed by atoms with van der Waals surface area (Å²) in [5.74, 6) is 0.800. The predicted octanol–water partition coefficient (Wildman–Crippen LogP) is 5.48. The summed E-state index contributed by atoms with van der Waals surface area (Å²) < 4.78 is 0.880. The largest absolute Gasteiger partial charge is 0.304 e. The zero-order valence-electron chi connectivity index (χ0n) is 10.8. The van der Waals surface area contributed by atoms with E-state index in [-0.39, 0.29) is 0 Å². The summed E-state index contributed by atoms with van der Waals surface area (Å²) in [5, 5.41) is 5.94. The minimum atomic E-state index is 0.517. The molecule has 2 heterocycles. The van der Waals surface area contributed by atoms with E-state index in [0.29, 0.717) is 6.04 Å². The van der Waals surface area contributed by atoms with Gasteiger partial charge in [0, 0.05) is 22.3 Å². The minimum Gasteiger partial charge on any atom is -0.304 e. The fourth-order valence-electron chi connectivity index (χ4n) is 2.92. The molecule has 0 spiro atoms. The molecule has 19 heavy (non-hydrogen) atoms. The van der Waals surface area contributed by atoms with Gasteiger partial charge in [0.2, 0.25) is 0 Å². The Balaban J connectivity index is 1.68. The van der Waals surface area contributed by atoms with E-state index in [0.717, 1.165) is 16.8 Å². The second-order valence-corrected chi connectivity index (χ2v) is 7.90. The molecule has 0 amide bonds. The van der Waals surface area contributed by atoms with E-state index in [4.69, 9.17) is 11.6 Å². The topological polar surface area (TPSA) is 12.0 Å². The zero-order valence-corrected chi connectivity index (χ0v) is 13.2. The first kappa shape index (κ1) is 13.6. The van der Waals surface area contributed by atoms with Gasteiger partial charge < -0.3 is 5.32 Å². The van der Waals surface area contributed by atoms with Crippen LogP contribution in [0, 0.1) is 5.92 Å². The third-order valence-electron chi connectivity index (χ3n) is 3.85. The van der Waals surface area contributed by atoms with Crippen molar-refractivity contribution in [1.82, 2.24) is 5.32 Å². The number of halogens is 1. The third-order valence-corrected chi connectivity index (χ3v) is 6.03. The predicted molar refractivity (Wildman–Crippen MR) is 85.2 cm³/mol. The zero-order chi connectivity index (χ0) is 13.1. The Labute approximate surface area is 127 Å². The Morgan fingerprint density at radius 1 is 1.26 bits per heavy atom. The summed E-state index contributed by atoms with van der Waals surface area (Å²) in [5.41, 5.74) is 0. The number of nitrogens with one attached hydrogen (secondary N) is 1. The van der Waals surface area contributed by atoms with Crippen LogP contribution in [0.5, 0.6) is 0 Å². The third kappa shape index (κ3) is 3.40. The first-order chi connectivity index (χ1) is 9.33. The molecule has 0 radical (unpaired) electrons. The molecular formula is C15H18ClNS2. The molecule has 1 nitrogen and oxygen atoms in total. The average molecular weight is 312 g/mol. The number of hydrogen-bond donors (Lipinski definition) is 1. The van der Waals surface area contributed by atoms with Crippen LogP contribution in [0.1, 0.15) is 41.5 Å². The van der Waals surface area contributed by atoms with Crippen LogP contribution in [-0.2, 0) is 6.54 Å². The summed E-state index contributed by atoms with van der Waals surface area (Å²) in [6.07, 6.45) is 5.50. The number of rotatable bonds is 5. The van der Waals surface area contributed by atoms with Crippen molar-refractivity contribution < 1.29 is 0 Å². The highest BCUT2D eigenvalue weighted by Crippen LogP contribution is 2.37. The van der Waals surface area contributed by atoms with Crippen molar-refractivity contribution in [2.75, 3.05) is 0 Å². The van der Waals surface area contributed by atoms with E-state index in [1.807, 2.05) is 17.4 Å². The van der Waals surface area contributed by atoms with Gasteiger partial charge in [0.1, 0.15) is 0 Å². The standard InChI is InChI=1S/C15H18ClNS2/c16-14-8-7-12(19-14)10-17-15(11-4-1-2-5-11)13-6-3-9-18-13/h3,6-9,11,15,17H,1-2,4-5,10H2. The molecule has 1 aliphatic rings. The van der Waals surface area contributed by atoms with E-state index in [1.54, 1.807) is 11.3 Å². The number of thiophene rings is 2. The first-order valence-corrected chi connectivity index (χ1v) is 8.91. The molecular weight excluding hydrogens is 294 g/mol. The Bertz CT molecular complexity index is 500. The van der Waals surface area contributed by atoms with Crippen LogP contribution in [-0.4, -0.2) is 0 Å². The lowest BCUT2D eigenvalue weighted by atomic mass is 9.96. The average Bonchev–Trinajstić information content (AvgIpc) is 3.11. The van der Waals surface area contributed by atoms with E-state index >= 15 is 0 Å². The Kier molecular flexibility index (Phi) is 4.59. The van der Waals surface area contributed by atoms with E-state index in [1.165, 1.54) is 35.4 Å². The second kappa shape index (κ2) is 6.40. The fraction of sp³-hybridized carbons (Fsp3) is 0.467. The summed E-state index contributed by atoms with van der Waals surface area (Å²) in [6.45, 7) is 0.927. The van der Waals surface area contributed by atoms with Gasteiger partial charge in [-0.25, -0.2) is 0 Å². The maximum Gasteiger partial charge on any atom is 0.0931 e. The van der Waals surface area contributed by atoms with Crippen molar-refractivity contribution in [3.8, 4) is 0 Å². The molecule has 3 rings (SSSR count). The maximum absolute atomic E-state index is 6.00. The highest BCUT2D eigenvalue weighted by atomic mass is 35.5. The molecule has 1 N–H and O–H groups in total. The lowest BCUT2D eigenvalue weighted by Gasteiger charge is -2.23. The maximum atomic E-state index is 6.00. The van der Waals surface area contributed by atoms with Crippen LogP contribution in [0.25, 0.3) is 0 Å². The van der Waals surface area contributed by atoms with Gasteiger partial charge in [-0.15, -0.1) is 22.7 Å². The van der Waals surface area contributed by atoms with Crippen LogP contribution in [0.15, 0.2) is 29.6 Å². The molecule has 0 bridgehead atoms. The summed E-state index contributed by atoms with van der Waals surface area (Å²) in [7, 11) is 0. The summed E-state index contributed by atoms with van der Waals surface area (Å²) >= 11 is 9.54. The molecule has 1 unspecified atom stereocenters. The van der Waals surface area contributed by atoms with Crippen molar-refractivity contribution in [3.05, 3.63) is 43.7 Å². The van der Waals surface area contributed by atoms with E-state index in [2.05, 4.69) is 28.9 Å². The van der Waals surface area contributed by atoms with E-state index < -0.39 is 0 Å². The molecule has 4 heteroatoms. The van der Waals surface area contributed by atoms with Crippen molar-refractivity contribution in [1.29, 1.82) is 0 Å². The Hall–Kier alpha value is -0.350.